The van der Waals surface area contributed by atoms with Crippen molar-refractivity contribution in [1.82, 2.24) is 14.7 Å². The average molecular weight is 373 g/mol. The van der Waals surface area contributed by atoms with E-state index in [1.54, 1.807) is 29.2 Å². The summed E-state index contributed by atoms with van der Waals surface area (Å²) in [6.07, 6.45) is 3.41. The van der Waals surface area contributed by atoms with E-state index >= 15 is 0 Å². The predicted molar refractivity (Wildman–Crippen MR) is 101 cm³/mol. The van der Waals surface area contributed by atoms with E-state index in [2.05, 4.69) is 9.64 Å². The Labute approximate surface area is 159 Å². The molecule has 0 aromatic heterocycles. The second-order valence-electron chi connectivity index (χ2n) is 7.08. The van der Waals surface area contributed by atoms with Gasteiger partial charge in [0.1, 0.15) is 0 Å². The summed E-state index contributed by atoms with van der Waals surface area (Å²) < 4.78 is 4.67. The number of esters is 1. The number of benzene rings is 1. The van der Waals surface area contributed by atoms with E-state index in [1.165, 1.54) is 13.5 Å². The summed E-state index contributed by atoms with van der Waals surface area (Å²) in [4.78, 5) is 42.4. The summed E-state index contributed by atoms with van der Waals surface area (Å²) in [6.45, 7) is 4.79. The first kappa shape index (κ1) is 19.4. The van der Waals surface area contributed by atoms with E-state index in [0.717, 1.165) is 25.9 Å². The van der Waals surface area contributed by atoms with E-state index in [1.807, 2.05) is 4.90 Å². The highest BCUT2D eigenvalue weighted by molar-refractivity contribution is 5.96. The molecular formula is C20H27N3O4. The second kappa shape index (κ2) is 8.99. The smallest absolute Gasteiger partial charge is 0.337 e. The molecule has 0 spiro atoms. The van der Waals surface area contributed by atoms with Gasteiger partial charge in [-0.2, -0.15) is 0 Å². The fourth-order valence-corrected chi connectivity index (χ4v) is 3.59. The number of carbonyl (C=O) groups excluding carboxylic acids is 3. The van der Waals surface area contributed by atoms with Gasteiger partial charge in [-0.25, -0.2) is 4.79 Å². The molecule has 2 fully saturated rings. The van der Waals surface area contributed by atoms with E-state index < -0.39 is 5.97 Å². The lowest BCUT2D eigenvalue weighted by molar-refractivity contribution is -0.133. The van der Waals surface area contributed by atoms with Crippen LogP contribution in [0, 0.1) is 0 Å². The molecule has 27 heavy (non-hydrogen) atoms. The van der Waals surface area contributed by atoms with Crippen LogP contribution in [0.2, 0.25) is 0 Å². The molecule has 2 aliphatic rings. The molecule has 7 nitrogen and oxygen atoms in total. The molecule has 2 amide bonds. The summed E-state index contributed by atoms with van der Waals surface area (Å²) >= 11 is 0. The lowest BCUT2D eigenvalue weighted by Gasteiger charge is -2.36. The monoisotopic (exact) mass is 373 g/mol. The molecule has 3 rings (SSSR count). The maximum atomic E-state index is 12.6. The molecule has 0 aliphatic carbocycles. The number of piperidine rings is 1. The van der Waals surface area contributed by atoms with Crippen LogP contribution in [0.3, 0.4) is 0 Å². The standard InChI is InChI=1S/C20H27N3O4/c1-27-20(26)17-7-5-16(6-8-17)19(25)23-13-11-21(12-14-23)15-18(24)22-9-3-2-4-10-22/h5-8H,2-4,9-15H2,1H3. The predicted octanol–water partition coefficient (Wildman–Crippen LogP) is 1.24. The van der Waals surface area contributed by atoms with Crippen molar-refractivity contribution in [2.24, 2.45) is 0 Å². The maximum absolute atomic E-state index is 12.6. The molecule has 0 saturated carbocycles. The van der Waals surface area contributed by atoms with Gasteiger partial charge in [0.2, 0.25) is 5.91 Å². The number of nitrogens with zero attached hydrogens (tertiary/aromatic N) is 3. The zero-order valence-electron chi connectivity index (χ0n) is 15.9. The zero-order chi connectivity index (χ0) is 19.2. The SMILES string of the molecule is COC(=O)c1ccc(C(=O)N2CCN(CC(=O)N3CCCCC3)CC2)cc1. The molecule has 7 heteroatoms. The summed E-state index contributed by atoms with van der Waals surface area (Å²) in [5, 5.41) is 0. The Morgan fingerprint density at radius 2 is 1.41 bits per heavy atom. The molecule has 2 saturated heterocycles. The highest BCUT2D eigenvalue weighted by Gasteiger charge is 2.25. The first-order valence-electron chi connectivity index (χ1n) is 9.56. The fourth-order valence-electron chi connectivity index (χ4n) is 3.59. The number of ether oxygens (including phenoxy) is 1. The van der Waals surface area contributed by atoms with Crippen LogP contribution in [-0.2, 0) is 9.53 Å². The van der Waals surface area contributed by atoms with Crippen LogP contribution in [0.25, 0.3) is 0 Å². The molecule has 2 heterocycles. The van der Waals surface area contributed by atoms with Gasteiger partial charge in [0, 0.05) is 44.8 Å². The molecule has 1 aromatic carbocycles. The number of hydrogen-bond acceptors (Lipinski definition) is 5. The van der Waals surface area contributed by atoms with Gasteiger partial charge < -0.3 is 14.5 Å². The molecular weight excluding hydrogens is 346 g/mol. The molecule has 0 unspecified atom stereocenters. The van der Waals surface area contributed by atoms with Gasteiger partial charge in [-0.15, -0.1) is 0 Å². The van der Waals surface area contributed by atoms with Crippen molar-refractivity contribution in [2.45, 2.75) is 19.3 Å². The van der Waals surface area contributed by atoms with E-state index in [0.29, 0.717) is 43.9 Å². The normalized spacial score (nSPS) is 18.3. The summed E-state index contributed by atoms with van der Waals surface area (Å²) in [6, 6.07) is 6.51. The number of hydrogen-bond donors (Lipinski definition) is 0. The van der Waals surface area contributed by atoms with Crippen LogP contribution in [-0.4, -0.2) is 85.4 Å². The lowest BCUT2D eigenvalue weighted by atomic mass is 10.1. The van der Waals surface area contributed by atoms with Crippen LogP contribution >= 0.6 is 0 Å². The molecule has 0 atom stereocenters. The average Bonchev–Trinajstić information content (AvgIpc) is 2.74. The molecule has 146 valence electrons. The van der Waals surface area contributed by atoms with Gasteiger partial charge in [-0.3, -0.25) is 14.5 Å². The Morgan fingerprint density at radius 1 is 0.815 bits per heavy atom. The van der Waals surface area contributed by atoms with Crippen molar-refractivity contribution in [2.75, 3.05) is 52.9 Å². The molecule has 0 radical (unpaired) electrons. The van der Waals surface area contributed by atoms with Crippen molar-refractivity contribution in [3.8, 4) is 0 Å². The fraction of sp³-hybridized carbons (Fsp3) is 0.550. The molecule has 1 aromatic rings. The van der Waals surface area contributed by atoms with Crippen LogP contribution in [0.15, 0.2) is 24.3 Å². The van der Waals surface area contributed by atoms with E-state index in [4.69, 9.17) is 0 Å². The molecule has 2 aliphatic heterocycles. The quantitative estimate of drug-likeness (QED) is 0.743. The van der Waals surface area contributed by atoms with Crippen molar-refractivity contribution < 1.29 is 19.1 Å². The number of carbonyl (C=O) groups is 3. The number of rotatable bonds is 4. The maximum Gasteiger partial charge on any atom is 0.337 e. The first-order valence-corrected chi connectivity index (χ1v) is 9.56. The number of amides is 2. The third-order valence-corrected chi connectivity index (χ3v) is 5.28. The minimum Gasteiger partial charge on any atom is -0.465 e. The number of likely N-dealkylation sites (tertiary alicyclic amines) is 1. The molecule has 0 bridgehead atoms. The largest absolute Gasteiger partial charge is 0.465 e. The Hall–Kier alpha value is -2.41. The summed E-state index contributed by atoms with van der Waals surface area (Å²) in [5.74, 6) is -0.262. The minimum atomic E-state index is -0.416. The van der Waals surface area contributed by atoms with Gasteiger partial charge >= 0.3 is 5.97 Å². The van der Waals surface area contributed by atoms with Gasteiger partial charge in [-0.1, -0.05) is 0 Å². The third kappa shape index (κ3) is 4.86. The van der Waals surface area contributed by atoms with Crippen molar-refractivity contribution >= 4 is 17.8 Å². The van der Waals surface area contributed by atoms with Crippen molar-refractivity contribution in [1.29, 1.82) is 0 Å². The number of methoxy groups -OCH3 is 1. The van der Waals surface area contributed by atoms with Crippen LogP contribution < -0.4 is 0 Å². The summed E-state index contributed by atoms with van der Waals surface area (Å²) in [5.41, 5.74) is 0.982. The van der Waals surface area contributed by atoms with Crippen molar-refractivity contribution in [3.63, 3.8) is 0 Å². The topological polar surface area (TPSA) is 70.2 Å². The Bertz CT molecular complexity index is 675. The van der Waals surface area contributed by atoms with E-state index in [9.17, 15) is 14.4 Å². The molecule has 0 N–H and O–H groups in total. The van der Waals surface area contributed by atoms with Gasteiger partial charge in [-0.05, 0) is 43.5 Å². The highest BCUT2D eigenvalue weighted by Crippen LogP contribution is 2.13. The first-order chi connectivity index (χ1) is 13.1. The Morgan fingerprint density at radius 3 is 2.00 bits per heavy atom. The Kier molecular flexibility index (Phi) is 6.45. The summed E-state index contributed by atoms with van der Waals surface area (Å²) in [7, 11) is 1.33. The Balaban J connectivity index is 1.48. The number of piperazine rings is 1. The van der Waals surface area contributed by atoms with Crippen LogP contribution in [0.1, 0.15) is 40.0 Å². The lowest BCUT2D eigenvalue weighted by Crippen LogP contribution is -2.52. The zero-order valence-corrected chi connectivity index (χ0v) is 15.9. The highest BCUT2D eigenvalue weighted by atomic mass is 16.5. The van der Waals surface area contributed by atoms with Crippen LogP contribution in [0.5, 0.6) is 0 Å². The third-order valence-electron chi connectivity index (χ3n) is 5.28. The van der Waals surface area contributed by atoms with Gasteiger partial charge in [0.05, 0.1) is 19.2 Å². The van der Waals surface area contributed by atoms with Crippen LogP contribution in [0.4, 0.5) is 0 Å². The van der Waals surface area contributed by atoms with E-state index in [-0.39, 0.29) is 11.8 Å². The van der Waals surface area contributed by atoms with Crippen molar-refractivity contribution in [3.05, 3.63) is 35.4 Å². The second-order valence-corrected chi connectivity index (χ2v) is 7.08. The van der Waals surface area contributed by atoms with Gasteiger partial charge in [0.15, 0.2) is 0 Å². The minimum absolute atomic E-state index is 0.0478. The van der Waals surface area contributed by atoms with Gasteiger partial charge in [0.25, 0.3) is 5.91 Å².